The van der Waals surface area contributed by atoms with Crippen LogP contribution in [0.5, 0.6) is 0 Å². The van der Waals surface area contributed by atoms with Crippen molar-refractivity contribution in [2.24, 2.45) is 0 Å². The van der Waals surface area contributed by atoms with E-state index >= 15 is 0 Å². The third kappa shape index (κ3) is 4.40. The van der Waals surface area contributed by atoms with Crippen molar-refractivity contribution in [2.75, 3.05) is 13.6 Å². The molecule has 0 aliphatic rings. The van der Waals surface area contributed by atoms with E-state index in [-0.39, 0.29) is 6.04 Å². The van der Waals surface area contributed by atoms with Gasteiger partial charge < -0.3 is 0 Å². The van der Waals surface area contributed by atoms with Crippen LogP contribution in [0.25, 0.3) is 0 Å². The van der Waals surface area contributed by atoms with E-state index in [4.69, 9.17) is 0 Å². The lowest BCUT2D eigenvalue weighted by Gasteiger charge is -2.20. The van der Waals surface area contributed by atoms with Crippen molar-refractivity contribution >= 4 is 10.2 Å². The van der Waals surface area contributed by atoms with Crippen molar-refractivity contribution in [3.05, 3.63) is 12.7 Å². The molecule has 0 aromatic heterocycles. The van der Waals surface area contributed by atoms with Crippen LogP contribution in [0, 0.1) is 0 Å². The molecule has 0 unspecified atom stereocenters. The van der Waals surface area contributed by atoms with Crippen LogP contribution in [0.1, 0.15) is 20.3 Å². The fourth-order valence-electron chi connectivity index (χ4n) is 0.669. The maximum Gasteiger partial charge on any atom is 0.279 e. The first-order chi connectivity index (χ1) is 5.91. The standard InChI is InChI=1S/C8H18N2O2S/c1-5-6-7-9-13(11,12)10(4)8(2)3/h5,8-9H,1,6-7H2,2-4H3. The summed E-state index contributed by atoms with van der Waals surface area (Å²) in [6.07, 6.45) is 2.32. The lowest BCUT2D eigenvalue weighted by molar-refractivity contribution is 0.403. The number of rotatable bonds is 6. The summed E-state index contributed by atoms with van der Waals surface area (Å²) in [6, 6.07) is -0.0266. The van der Waals surface area contributed by atoms with Gasteiger partial charge in [0.1, 0.15) is 0 Å². The molecule has 0 saturated heterocycles. The Hall–Kier alpha value is -0.390. The molecule has 0 atom stereocenters. The van der Waals surface area contributed by atoms with Crippen molar-refractivity contribution < 1.29 is 8.42 Å². The van der Waals surface area contributed by atoms with Crippen molar-refractivity contribution in [3.63, 3.8) is 0 Å². The molecule has 5 heteroatoms. The second-order valence-corrected chi connectivity index (χ2v) is 4.90. The Kier molecular flexibility index (Phi) is 5.20. The third-order valence-electron chi connectivity index (χ3n) is 1.74. The van der Waals surface area contributed by atoms with E-state index in [0.717, 1.165) is 0 Å². The maximum atomic E-state index is 11.4. The molecule has 0 spiro atoms. The molecule has 0 aromatic carbocycles. The molecule has 0 heterocycles. The zero-order valence-electron chi connectivity index (χ0n) is 8.45. The van der Waals surface area contributed by atoms with Crippen LogP contribution in [0.3, 0.4) is 0 Å². The maximum absolute atomic E-state index is 11.4. The van der Waals surface area contributed by atoms with Gasteiger partial charge in [-0.05, 0) is 20.3 Å². The average Bonchev–Trinajstić information content (AvgIpc) is 2.03. The summed E-state index contributed by atoms with van der Waals surface area (Å²) in [5, 5.41) is 0. The molecule has 0 aromatic rings. The second kappa shape index (κ2) is 5.36. The number of nitrogens with one attached hydrogen (secondary N) is 1. The Morgan fingerprint density at radius 3 is 2.46 bits per heavy atom. The van der Waals surface area contributed by atoms with Gasteiger partial charge in [0.05, 0.1) is 0 Å². The molecular weight excluding hydrogens is 188 g/mol. The Bertz CT molecular complexity index is 247. The van der Waals surface area contributed by atoms with Crippen molar-refractivity contribution in [1.29, 1.82) is 0 Å². The minimum absolute atomic E-state index is 0.0266. The Morgan fingerprint density at radius 1 is 1.54 bits per heavy atom. The molecule has 13 heavy (non-hydrogen) atoms. The van der Waals surface area contributed by atoms with Crippen molar-refractivity contribution in [3.8, 4) is 0 Å². The zero-order valence-corrected chi connectivity index (χ0v) is 9.26. The molecule has 0 aliphatic carbocycles. The monoisotopic (exact) mass is 206 g/mol. The van der Waals surface area contributed by atoms with Crippen LogP contribution in [-0.2, 0) is 10.2 Å². The molecule has 78 valence electrons. The SMILES string of the molecule is C=CCCNS(=O)(=O)N(C)C(C)C. The van der Waals surface area contributed by atoms with Crippen LogP contribution >= 0.6 is 0 Å². The number of hydrogen-bond acceptors (Lipinski definition) is 2. The first kappa shape index (κ1) is 12.6. The van der Waals surface area contributed by atoms with Crippen molar-refractivity contribution in [2.45, 2.75) is 26.3 Å². The lowest BCUT2D eigenvalue weighted by atomic mass is 10.4. The van der Waals surface area contributed by atoms with Crippen LogP contribution in [0.2, 0.25) is 0 Å². The zero-order chi connectivity index (χ0) is 10.5. The van der Waals surface area contributed by atoms with E-state index in [1.54, 1.807) is 13.1 Å². The molecule has 0 radical (unpaired) electrons. The molecule has 0 aliphatic heterocycles. The van der Waals surface area contributed by atoms with E-state index in [1.807, 2.05) is 13.8 Å². The highest BCUT2D eigenvalue weighted by Gasteiger charge is 2.18. The van der Waals surface area contributed by atoms with E-state index in [1.165, 1.54) is 4.31 Å². The molecule has 1 N–H and O–H groups in total. The minimum Gasteiger partial charge on any atom is -0.202 e. The van der Waals surface area contributed by atoms with Gasteiger partial charge in [-0.15, -0.1) is 6.58 Å². The van der Waals surface area contributed by atoms with Crippen LogP contribution < -0.4 is 4.72 Å². The normalized spacial score (nSPS) is 12.4. The summed E-state index contributed by atoms with van der Waals surface area (Å²) >= 11 is 0. The second-order valence-electron chi connectivity index (χ2n) is 3.09. The van der Waals surface area contributed by atoms with Gasteiger partial charge in [0.15, 0.2) is 0 Å². The highest BCUT2D eigenvalue weighted by molar-refractivity contribution is 7.87. The Morgan fingerprint density at radius 2 is 2.08 bits per heavy atom. The highest BCUT2D eigenvalue weighted by Crippen LogP contribution is 2.00. The third-order valence-corrected chi connectivity index (χ3v) is 3.49. The van der Waals surface area contributed by atoms with Crippen LogP contribution in [0.4, 0.5) is 0 Å². The van der Waals surface area contributed by atoms with E-state index in [9.17, 15) is 8.42 Å². The quantitative estimate of drug-likeness (QED) is 0.514. The van der Waals surface area contributed by atoms with Gasteiger partial charge in [-0.2, -0.15) is 12.7 Å². The summed E-state index contributed by atoms with van der Waals surface area (Å²) in [6.45, 7) is 7.57. The van der Waals surface area contributed by atoms with Crippen LogP contribution in [-0.4, -0.2) is 32.4 Å². The van der Waals surface area contributed by atoms with Crippen LogP contribution in [0.15, 0.2) is 12.7 Å². The fraction of sp³-hybridized carbons (Fsp3) is 0.750. The number of hydrogen-bond donors (Lipinski definition) is 1. The highest BCUT2D eigenvalue weighted by atomic mass is 32.2. The molecule has 0 rings (SSSR count). The Labute approximate surface area is 80.8 Å². The molecule has 4 nitrogen and oxygen atoms in total. The predicted octanol–water partition coefficient (Wildman–Crippen LogP) is 0.737. The Balaban J connectivity index is 4.15. The summed E-state index contributed by atoms with van der Waals surface area (Å²) in [5.41, 5.74) is 0. The van der Waals surface area contributed by atoms with E-state index < -0.39 is 10.2 Å². The van der Waals surface area contributed by atoms with E-state index in [0.29, 0.717) is 13.0 Å². The fourth-order valence-corrected chi connectivity index (χ4v) is 1.80. The lowest BCUT2D eigenvalue weighted by Crippen LogP contribution is -2.42. The molecule has 0 saturated carbocycles. The van der Waals surface area contributed by atoms with E-state index in [2.05, 4.69) is 11.3 Å². The van der Waals surface area contributed by atoms with Gasteiger partial charge in [0, 0.05) is 19.6 Å². The van der Waals surface area contributed by atoms with Gasteiger partial charge in [0.2, 0.25) is 0 Å². The molecule has 0 fully saturated rings. The van der Waals surface area contributed by atoms with Gasteiger partial charge in [-0.3, -0.25) is 0 Å². The average molecular weight is 206 g/mol. The summed E-state index contributed by atoms with van der Waals surface area (Å²) in [4.78, 5) is 0. The predicted molar refractivity (Wildman–Crippen MR) is 54.6 cm³/mol. The first-order valence-electron chi connectivity index (χ1n) is 4.25. The van der Waals surface area contributed by atoms with Gasteiger partial charge in [-0.25, -0.2) is 4.72 Å². The van der Waals surface area contributed by atoms with Crippen molar-refractivity contribution in [1.82, 2.24) is 9.03 Å². The molecule has 0 bridgehead atoms. The van der Waals surface area contributed by atoms with Gasteiger partial charge >= 0.3 is 0 Å². The largest absolute Gasteiger partial charge is 0.279 e. The summed E-state index contributed by atoms with van der Waals surface area (Å²) < 4.78 is 26.6. The number of nitrogens with zero attached hydrogens (tertiary/aromatic N) is 1. The smallest absolute Gasteiger partial charge is 0.202 e. The minimum atomic E-state index is -3.30. The molecular formula is C8H18N2O2S. The summed E-state index contributed by atoms with van der Waals surface area (Å²) in [5.74, 6) is 0. The molecule has 0 amide bonds. The first-order valence-corrected chi connectivity index (χ1v) is 5.69. The summed E-state index contributed by atoms with van der Waals surface area (Å²) in [7, 11) is -1.74. The topological polar surface area (TPSA) is 49.4 Å². The van der Waals surface area contributed by atoms with Gasteiger partial charge in [0.25, 0.3) is 10.2 Å². The van der Waals surface area contributed by atoms with Gasteiger partial charge in [-0.1, -0.05) is 6.08 Å².